The minimum Gasteiger partial charge on any atom is -0.508 e. The van der Waals surface area contributed by atoms with Gasteiger partial charge in [-0.15, -0.1) is 0 Å². The molecule has 1 aromatic heterocycles. The number of aromatic nitrogens is 3. The van der Waals surface area contributed by atoms with Crippen molar-refractivity contribution in [1.82, 2.24) is 20.3 Å². The molecule has 3 N–H and O–H groups in total. The zero-order chi connectivity index (χ0) is 26.2. The molecule has 2 aromatic carbocycles. The number of aromatic hydroxyl groups is 1. The van der Waals surface area contributed by atoms with Gasteiger partial charge in [-0.1, -0.05) is 36.4 Å². The SMILES string of the molecule is O=C(NC1CCN(c2nc(-c3cccc(O)c3)nc(N3CCc4ccccc4C3CO)n2)C1)C(F)(F)F. The first kappa shape index (κ1) is 24.8. The molecule has 3 heterocycles. The molecule has 1 saturated heterocycles. The molecule has 0 aliphatic carbocycles. The summed E-state index contributed by atoms with van der Waals surface area (Å²) in [7, 11) is 0. The van der Waals surface area contributed by atoms with E-state index in [1.165, 1.54) is 12.1 Å². The van der Waals surface area contributed by atoms with Gasteiger partial charge in [-0.3, -0.25) is 4.79 Å². The van der Waals surface area contributed by atoms with Crippen molar-refractivity contribution in [1.29, 1.82) is 0 Å². The molecular formula is C25H25F3N6O3. The highest BCUT2D eigenvalue weighted by Gasteiger charge is 2.41. The molecule has 9 nitrogen and oxygen atoms in total. The number of aliphatic hydroxyl groups excluding tert-OH is 1. The standard InChI is InChI=1S/C25H25F3N6O3/c26-25(27,28)22(37)29-17-9-10-33(13-17)23-30-21(16-5-3-6-18(36)12-16)31-24(32-23)34-11-8-15-4-1-2-7-19(15)20(34)14-35/h1-7,12,17,20,35-36H,8-11,13-14H2,(H,29,37). The summed E-state index contributed by atoms with van der Waals surface area (Å²) >= 11 is 0. The summed E-state index contributed by atoms with van der Waals surface area (Å²) < 4.78 is 38.2. The molecule has 0 spiro atoms. The molecule has 2 aliphatic rings. The van der Waals surface area contributed by atoms with Crippen LogP contribution in [0.15, 0.2) is 48.5 Å². The highest BCUT2D eigenvalue weighted by Crippen LogP contribution is 2.34. The van der Waals surface area contributed by atoms with Crippen molar-refractivity contribution in [3.8, 4) is 17.1 Å². The summed E-state index contributed by atoms with van der Waals surface area (Å²) in [5.41, 5.74) is 2.63. The maximum absolute atomic E-state index is 12.7. The van der Waals surface area contributed by atoms with Gasteiger partial charge in [-0.2, -0.15) is 28.1 Å². The van der Waals surface area contributed by atoms with Crippen molar-refractivity contribution in [2.75, 3.05) is 36.0 Å². The van der Waals surface area contributed by atoms with E-state index >= 15 is 0 Å². The predicted molar refractivity (Wildman–Crippen MR) is 129 cm³/mol. The van der Waals surface area contributed by atoms with Gasteiger partial charge in [-0.05, 0) is 36.1 Å². The lowest BCUT2D eigenvalue weighted by atomic mass is 9.93. The normalized spacial score (nSPS) is 19.6. The predicted octanol–water partition coefficient (Wildman–Crippen LogP) is 2.60. The highest BCUT2D eigenvalue weighted by atomic mass is 19.4. The highest BCUT2D eigenvalue weighted by molar-refractivity contribution is 5.82. The molecule has 12 heteroatoms. The maximum atomic E-state index is 12.7. The van der Waals surface area contributed by atoms with Gasteiger partial charge in [0.25, 0.3) is 0 Å². The number of benzene rings is 2. The smallest absolute Gasteiger partial charge is 0.471 e. The molecule has 0 saturated carbocycles. The van der Waals surface area contributed by atoms with E-state index < -0.39 is 24.2 Å². The van der Waals surface area contributed by atoms with Crippen LogP contribution in [0.1, 0.15) is 23.6 Å². The minimum atomic E-state index is -4.96. The monoisotopic (exact) mass is 514 g/mol. The van der Waals surface area contributed by atoms with Crippen LogP contribution in [0.2, 0.25) is 0 Å². The molecule has 0 radical (unpaired) electrons. The number of hydrogen-bond donors (Lipinski definition) is 3. The Hall–Kier alpha value is -3.93. The molecule has 2 aliphatic heterocycles. The molecule has 2 unspecified atom stereocenters. The Balaban J connectivity index is 1.50. The van der Waals surface area contributed by atoms with Crippen LogP contribution in [-0.4, -0.2) is 69.5 Å². The number of anilines is 2. The lowest BCUT2D eigenvalue weighted by molar-refractivity contribution is -0.174. The van der Waals surface area contributed by atoms with Crippen LogP contribution in [0.3, 0.4) is 0 Å². The molecule has 2 atom stereocenters. The largest absolute Gasteiger partial charge is 0.508 e. The number of phenols is 1. The van der Waals surface area contributed by atoms with Crippen molar-refractivity contribution in [2.24, 2.45) is 0 Å². The van der Waals surface area contributed by atoms with E-state index in [-0.39, 0.29) is 30.7 Å². The molecule has 1 amide bonds. The van der Waals surface area contributed by atoms with Crippen LogP contribution in [-0.2, 0) is 11.2 Å². The van der Waals surface area contributed by atoms with Gasteiger partial charge in [0, 0.05) is 31.2 Å². The molecule has 5 rings (SSSR count). The molecule has 3 aromatic rings. The second-order valence-corrected chi connectivity index (χ2v) is 9.05. The first-order chi connectivity index (χ1) is 17.7. The van der Waals surface area contributed by atoms with E-state index in [4.69, 9.17) is 0 Å². The van der Waals surface area contributed by atoms with Gasteiger partial charge in [0.1, 0.15) is 5.75 Å². The second kappa shape index (κ2) is 9.85. The van der Waals surface area contributed by atoms with Crippen LogP contribution in [0.5, 0.6) is 5.75 Å². The molecule has 1 fully saturated rings. The summed E-state index contributed by atoms with van der Waals surface area (Å²) in [4.78, 5) is 28.8. The number of fused-ring (bicyclic) bond motifs is 1. The van der Waals surface area contributed by atoms with Gasteiger partial charge in [0.2, 0.25) is 11.9 Å². The number of alkyl halides is 3. The summed E-state index contributed by atoms with van der Waals surface area (Å²) in [6.07, 6.45) is -3.95. The lowest BCUT2D eigenvalue weighted by Crippen LogP contribution is -2.44. The van der Waals surface area contributed by atoms with Gasteiger partial charge < -0.3 is 25.3 Å². The zero-order valence-corrected chi connectivity index (χ0v) is 19.7. The van der Waals surface area contributed by atoms with Gasteiger partial charge in [0.15, 0.2) is 5.82 Å². The fourth-order valence-electron chi connectivity index (χ4n) is 4.81. The second-order valence-electron chi connectivity index (χ2n) is 9.05. The van der Waals surface area contributed by atoms with Gasteiger partial charge >= 0.3 is 12.1 Å². The summed E-state index contributed by atoms with van der Waals surface area (Å²) in [6, 6.07) is 13.1. The van der Waals surface area contributed by atoms with Crippen LogP contribution in [0.4, 0.5) is 25.1 Å². The molecule has 37 heavy (non-hydrogen) atoms. The number of phenolic OH excluding ortho intramolecular Hbond substituents is 1. The molecule has 0 bridgehead atoms. The Bertz CT molecular complexity index is 1300. The van der Waals surface area contributed by atoms with E-state index in [1.807, 2.05) is 34.5 Å². The van der Waals surface area contributed by atoms with E-state index in [9.17, 15) is 28.2 Å². The van der Waals surface area contributed by atoms with E-state index in [2.05, 4.69) is 15.0 Å². The van der Waals surface area contributed by atoms with Gasteiger partial charge in [-0.25, -0.2) is 0 Å². The number of carbonyl (C=O) groups excluding carboxylic acids is 1. The molecule has 194 valence electrons. The number of nitrogens with zero attached hydrogens (tertiary/aromatic N) is 5. The third-order valence-electron chi connectivity index (χ3n) is 6.62. The number of rotatable bonds is 5. The van der Waals surface area contributed by atoms with E-state index in [0.29, 0.717) is 37.4 Å². The van der Waals surface area contributed by atoms with Crippen LogP contribution >= 0.6 is 0 Å². The third-order valence-corrected chi connectivity index (χ3v) is 6.62. The topological polar surface area (TPSA) is 115 Å². The Morgan fingerprint density at radius 1 is 1.05 bits per heavy atom. The quantitative estimate of drug-likeness (QED) is 0.476. The minimum absolute atomic E-state index is 0.0252. The fraction of sp³-hybridized carbons (Fsp3) is 0.360. The van der Waals surface area contributed by atoms with Crippen molar-refractivity contribution in [2.45, 2.75) is 31.1 Å². The van der Waals surface area contributed by atoms with E-state index in [1.54, 1.807) is 17.0 Å². The molecular weight excluding hydrogens is 489 g/mol. The summed E-state index contributed by atoms with van der Waals surface area (Å²) in [5, 5.41) is 22.3. The first-order valence-electron chi connectivity index (χ1n) is 11.9. The number of hydrogen-bond acceptors (Lipinski definition) is 8. The number of amides is 1. The number of halogens is 3. The van der Waals surface area contributed by atoms with Crippen molar-refractivity contribution in [3.05, 3.63) is 59.7 Å². The number of carbonyl (C=O) groups is 1. The van der Waals surface area contributed by atoms with Crippen molar-refractivity contribution in [3.63, 3.8) is 0 Å². The Labute approximate surface area is 210 Å². The lowest BCUT2D eigenvalue weighted by Gasteiger charge is -2.36. The summed E-state index contributed by atoms with van der Waals surface area (Å²) in [5.74, 6) is -1.14. The zero-order valence-electron chi connectivity index (χ0n) is 19.7. The number of aliphatic hydroxyl groups is 1. The van der Waals surface area contributed by atoms with Crippen molar-refractivity contribution >= 4 is 17.8 Å². The van der Waals surface area contributed by atoms with Crippen LogP contribution < -0.4 is 15.1 Å². The fourth-order valence-corrected chi connectivity index (χ4v) is 4.81. The number of nitrogens with one attached hydrogen (secondary N) is 1. The summed E-state index contributed by atoms with van der Waals surface area (Å²) in [6.45, 7) is 0.791. The van der Waals surface area contributed by atoms with E-state index in [0.717, 1.165) is 11.1 Å². The van der Waals surface area contributed by atoms with Gasteiger partial charge in [0.05, 0.1) is 12.6 Å². The van der Waals surface area contributed by atoms with Crippen molar-refractivity contribution < 1.29 is 28.2 Å². The Morgan fingerprint density at radius 3 is 2.59 bits per heavy atom. The average Bonchev–Trinajstić information content (AvgIpc) is 3.35. The third kappa shape index (κ3) is 5.15. The average molecular weight is 515 g/mol. The Morgan fingerprint density at radius 2 is 1.84 bits per heavy atom. The van der Waals surface area contributed by atoms with Crippen LogP contribution in [0, 0.1) is 0 Å². The Kier molecular flexibility index (Phi) is 6.59. The maximum Gasteiger partial charge on any atom is 0.471 e. The first-order valence-corrected chi connectivity index (χ1v) is 11.9. The van der Waals surface area contributed by atoms with Crippen LogP contribution in [0.25, 0.3) is 11.4 Å².